The zero-order chi connectivity index (χ0) is 13.4. The third-order valence-electron chi connectivity index (χ3n) is 4.23. The number of hydrogen-bond acceptors (Lipinski definition) is 0. The smallest absolute Gasteiger partial charge is 0.0622 e. The standard InChI is InChI=1S/C18H19Cl/c1-12-7-8-13(2)15(9-12)11-16-10-14-5-3-4-6-17(14)18(16)19/h3-9,16,18H,10-11H2,1-2H3. The number of hydrogen-bond donors (Lipinski definition) is 0. The normalized spacial score (nSPS) is 21.4. The van der Waals surface area contributed by atoms with Crippen LogP contribution < -0.4 is 0 Å². The molecule has 0 fully saturated rings. The lowest BCUT2D eigenvalue weighted by molar-refractivity contribution is 0.542. The molecule has 0 amide bonds. The summed E-state index contributed by atoms with van der Waals surface area (Å²) in [4.78, 5) is 0. The fraction of sp³-hybridized carbons (Fsp3) is 0.333. The van der Waals surface area contributed by atoms with Crippen molar-refractivity contribution >= 4 is 11.6 Å². The number of aryl methyl sites for hydroxylation is 2. The van der Waals surface area contributed by atoms with E-state index in [1.807, 2.05) is 0 Å². The van der Waals surface area contributed by atoms with Crippen LogP contribution in [0.15, 0.2) is 42.5 Å². The van der Waals surface area contributed by atoms with E-state index in [-0.39, 0.29) is 5.38 Å². The Balaban J connectivity index is 1.85. The first-order chi connectivity index (χ1) is 9.15. The Morgan fingerprint density at radius 1 is 1.11 bits per heavy atom. The Morgan fingerprint density at radius 3 is 2.68 bits per heavy atom. The van der Waals surface area contributed by atoms with Crippen LogP contribution in [0.25, 0.3) is 0 Å². The number of fused-ring (bicyclic) bond motifs is 1. The molecule has 0 saturated carbocycles. The summed E-state index contributed by atoms with van der Waals surface area (Å²) < 4.78 is 0. The van der Waals surface area contributed by atoms with E-state index < -0.39 is 0 Å². The van der Waals surface area contributed by atoms with Gasteiger partial charge in [0.15, 0.2) is 0 Å². The van der Waals surface area contributed by atoms with Crippen LogP contribution in [-0.2, 0) is 12.8 Å². The summed E-state index contributed by atoms with van der Waals surface area (Å²) in [5.41, 5.74) is 6.92. The van der Waals surface area contributed by atoms with Gasteiger partial charge in [0, 0.05) is 0 Å². The quantitative estimate of drug-likeness (QED) is 0.674. The first-order valence-electron chi connectivity index (χ1n) is 6.93. The number of alkyl halides is 1. The highest BCUT2D eigenvalue weighted by Gasteiger charge is 2.30. The summed E-state index contributed by atoms with van der Waals surface area (Å²) in [6.07, 6.45) is 2.19. The molecule has 1 aliphatic carbocycles. The van der Waals surface area contributed by atoms with Crippen LogP contribution in [0.1, 0.15) is 33.2 Å². The molecular formula is C18H19Cl. The lowest BCUT2D eigenvalue weighted by atomic mass is 9.92. The van der Waals surface area contributed by atoms with Gasteiger partial charge in [-0.05, 0) is 54.9 Å². The summed E-state index contributed by atoms with van der Waals surface area (Å²) in [6.45, 7) is 4.35. The molecule has 0 N–H and O–H groups in total. The number of rotatable bonds is 2. The topological polar surface area (TPSA) is 0 Å². The van der Waals surface area contributed by atoms with Crippen molar-refractivity contribution < 1.29 is 0 Å². The van der Waals surface area contributed by atoms with Crippen LogP contribution in [-0.4, -0.2) is 0 Å². The van der Waals surface area contributed by atoms with Gasteiger partial charge in [0.05, 0.1) is 5.38 Å². The monoisotopic (exact) mass is 270 g/mol. The van der Waals surface area contributed by atoms with Gasteiger partial charge < -0.3 is 0 Å². The fourth-order valence-electron chi connectivity index (χ4n) is 3.11. The van der Waals surface area contributed by atoms with Crippen LogP contribution in [0.5, 0.6) is 0 Å². The maximum absolute atomic E-state index is 6.65. The summed E-state index contributed by atoms with van der Waals surface area (Å²) >= 11 is 6.65. The number of benzene rings is 2. The third kappa shape index (κ3) is 2.42. The van der Waals surface area contributed by atoms with Crippen LogP contribution in [0.2, 0.25) is 0 Å². The largest absolute Gasteiger partial charge is 0.117 e. The summed E-state index contributed by atoms with van der Waals surface area (Å²) in [7, 11) is 0. The van der Waals surface area contributed by atoms with Gasteiger partial charge in [-0.2, -0.15) is 0 Å². The average Bonchev–Trinajstić information content (AvgIpc) is 2.72. The summed E-state index contributed by atoms with van der Waals surface area (Å²) in [5, 5.41) is 0.163. The van der Waals surface area contributed by atoms with E-state index in [1.165, 1.54) is 27.8 Å². The molecule has 2 atom stereocenters. The Hall–Kier alpha value is -1.27. The highest BCUT2D eigenvalue weighted by atomic mass is 35.5. The second-order valence-corrected chi connectivity index (χ2v) is 6.17. The van der Waals surface area contributed by atoms with E-state index in [0.29, 0.717) is 5.92 Å². The molecule has 0 radical (unpaired) electrons. The van der Waals surface area contributed by atoms with Gasteiger partial charge in [0.1, 0.15) is 0 Å². The first kappa shape index (κ1) is 12.7. The molecule has 98 valence electrons. The molecular weight excluding hydrogens is 252 g/mol. The molecule has 0 aromatic heterocycles. The summed E-state index contributed by atoms with van der Waals surface area (Å²) in [6, 6.07) is 15.3. The Morgan fingerprint density at radius 2 is 1.89 bits per heavy atom. The molecule has 0 saturated heterocycles. The number of halogens is 1. The molecule has 1 heteroatoms. The SMILES string of the molecule is Cc1ccc(C)c(CC2Cc3ccccc3C2Cl)c1. The minimum absolute atomic E-state index is 0.163. The van der Waals surface area contributed by atoms with Crippen LogP contribution in [0, 0.1) is 19.8 Å². The molecule has 0 aliphatic heterocycles. The maximum Gasteiger partial charge on any atom is 0.0622 e. The van der Waals surface area contributed by atoms with E-state index >= 15 is 0 Å². The van der Waals surface area contributed by atoms with Crippen molar-refractivity contribution in [2.24, 2.45) is 5.92 Å². The van der Waals surface area contributed by atoms with Gasteiger partial charge in [-0.25, -0.2) is 0 Å². The zero-order valence-electron chi connectivity index (χ0n) is 11.5. The zero-order valence-corrected chi connectivity index (χ0v) is 12.2. The van der Waals surface area contributed by atoms with Crippen molar-refractivity contribution in [2.75, 3.05) is 0 Å². The molecule has 19 heavy (non-hydrogen) atoms. The van der Waals surface area contributed by atoms with Gasteiger partial charge >= 0.3 is 0 Å². The Bertz CT molecular complexity index is 600. The molecule has 0 bridgehead atoms. The van der Waals surface area contributed by atoms with Crippen LogP contribution >= 0.6 is 11.6 Å². The van der Waals surface area contributed by atoms with E-state index in [0.717, 1.165) is 12.8 Å². The predicted molar refractivity (Wildman–Crippen MR) is 81.9 cm³/mol. The van der Waals surface area contributed by atoms with Crippen molar-refractivity contribution in [2.45, 2.75) is 32.1 Å². The molecule has 0 spiro atoms. The molecule has 2 unspecified atom stereocenters. The average molecular weight is 271 g/mol. The van der Waals surface area contributed by atoms with Gasteiger partial charge in [-0.15, -0.1) is 11.6 Å². The van der Waals surface area contributed by atoms with Crippen molar-refractivity contribution in [1.82, 2.24) is 0 Å². The predicted octanol–water partition coefficient (Wildman–Crippen LogP) is 5.00. The third-order valence-corrected chi connectivity index (χ3v) is 4.83. The van der Waals surface area contributed by atoms with Gasteiger partial charge in [-0.1, -0.05) is 48.0 Å². The highest BCUT2D eigenvalue weighted by molar-refractivity contribution is 6.21. The minimum atomic E-state index is 0.163. The Labute approximate surface area is 120 Å². The maximum atomic E-state index is 6.65. The molecule has 3 rings (SSSR count). The molecule has 1 aliphatic rings. The summed E-state index contributed by atoms with van der Waals surface area (Å²) in [5.74, 6) is 0.527. The van der Waals surface area contributed by atoms with Crippen molar-refractivity contribution in [3.63, 3.8) is 0 Å². The second kappa shape index (κ2) is 5.02. The molecule has 0 heterocycles. The van der Waals surface area contributed by atoms with Gasteiger partial charge in [0.25, 0.3) is 0 Å². The van der Waals surface area contributed by atoms with Gasteiger partial charge in [-0.3, -0.25) is 0 Å². The molecule has 2 aromatic rings. The molecule has 2 aromatic carbocycles. The van der Waals surface area contributed by atoms with Crippen molar-refractivity contribution in [3.05, 3.63) is 70.3 Å². The van der Waals surface area contributed by atoms with E-state index in [9.17, 15) is 0 Å². The van der Waals surface area contributed by atoms with Crippen LogP contribution in [0.3, 0.4) is 0 Å². The van der Waals surface area contributed by atoms with Crippen molar-refractivity contribution in [1.29, 1.82) is 0 Å². The van der Waals surface area contributed by atoms with E-state index in [2.05, 4.69) is 56.3 Å². The Kier molecular flexibility index (Phi) is 3.36. The van der Waals surface area contributed by atoms with E-state index in [1.54, 1.807) is 0 Å². The minimum Gasteiger partial charge on any atom is -0.117 e. The van der Waals surface area contributed by atoms with E-state index in [4.69, 9.17) is 11.6 Å². The lowest BCUT2D eigenvalue weighted by Crippen LogP contribution is -2.08. The molecule has 0 nitrogen and oxygen atoms in total. The highest BCUT2D eigenvalue weighted by Crippen LogP contribution is 2.42. The lowest BCUT2D eigenvalue weighted by Gasteiger charge is -2.16. The first-order valence-corrected chi connectivity index (χ1v) is 7.37. The second-order valence-electron chi connectivity index (χ2n) is 5.70. The van der Waals surface area contributed by atoms with Gasteiger partial charge in [0.2, 0.25) is 0 Å². The van der Waals surface area contributed by atoms with Crippen LogP contribution in [0.4, 0.5) is 0 Å². The fourth-order valence-corrected chi connectivity index (χ4v) is 3.50. The van der Waals surface area contributed by atoms with Crippen molar-refractivity contribution in [3.8, 4) is 0 Å².